The molecule has 18 heavy (non-hydrogen) atoms. The first-order valence-electron chi connectivity index (χ1n) is 6.64. The second-order valence-corrected chi connectivity index (χ2v) is 4.46. The van der Waals surface area contributed by atoms with Gasteiger partial charge in [-0.1, -0.05) is 25.8 Å². The van der Waals surface area contributed by atoms with Crippen molar-refractivity contribution in [2.45, 2.75) is 45.7 Å². The molecule has 0 saturated heterocycles. The molecular weight excluding hydrogens is 226 g/mol. The fraction of sp³-hybridized carbons (Fsp3) is 0.571. The van der Waals surface area contributed by atoms with Crippen LogP contribution in [0.2, 0.25) is 0 Å². The molecule has 4 heteroatoms. The highest BCUT2D eigenvalue weighted by atomic mass is 16.2. The van der Waals surface area contributed by atoms with Crippen molar-refractivity contribution in [2.75, 3.05) is 6.54 Å². The fourth-order valence-electron chi connectivity index (χ4n) is 1.61. The largest absolute Gasteiger partial charge is 0.355 e. The number of nitrogens with zero attached hydrogens (tertiary/aromatic N) is 1. The van der Waals surface area contributed by atoms with E-state index in [1.807, 2.05) is 19.1 Å². The Balaban J connectivity index is 2.19. The molecule has 1 aromatic heterocycles. The van der Waals surface area contributed by atoms with Crippen LogP contribution in [0.1, 0.15) is 38.7 Å². The van der Waals surface area contributed by atoms with Crippen LogP contribution in [0.3, 0.4) is 0 Å². The Morgan fingerprint density at radius 3 is 2.94 bits per heavy atom. The molecule has 0 bridgehead atoms. The van der Waals surface area contributed by atoms with Gasteiger partial charge in [-0.15, -0.1) is 0 Å². The number of hydrogen-bond donors (Lipinski definition) is 2. The van der Waals surface area contributed by atoms with Gasteiger partial charge in [-0.25, -0.2) is 0 Å². The topological polar surface area (TPSA) is 54.0 Å². The minimum Gasteiger partial charge on any atom is -0.355 e. The molecule has 1 unspecified atom stereocenters. The Morgan fingerprint density at radius 1 is 1.44 bits per heavy atom. The Bertz CT molecular complexity index is 340. The molecule has 4 nitrogen and oxygen atoms in total. The van der Waals surface area contributed by atoms with Crippen LogP contribution >= 0.6 is 0 Å². The molecule has 0 aromatic carbocycles. The molecule has 0 radical (unpaired) electrons. The zero-order valence-electron chi connectivity index (χ0n) is 11.3. The molecule has 100 valence electrons. The molecule has 0 aliphatic carbocycles. The molecule has 0 aliphatic heterocycles. The molecule has 1 atom stereocenters. The maximum Gasteiger partial charge on any atom is 0.236 e. The van der Waals surface area contributed by atoms with Gasteiger partial charge < -0.3 is 10.6 Å². The highest BCUT2D eigenvalue weighted by Crippen LogP contribution is 1.96. The van der Waals surface area contributed by atoms with Gasteiger partial charge in [0.1, 0.15) is 0 Å². The number of carbonyl (C=O) groups excluding carboxylic acids is 1. The second-order valence-electron chi connectivity index (χ2n) is 4.46. The number of carbonyl (C=O) groups is 1. The van der Waals surface area contributed by atoms with Crippen LogP contribution in [0.15, 0.2) is 24.5 Å². The van der Waals surface area contributed by atoms with Gasteiger partial charge in [0.05, 0.1) is 6.04 Å². The van der Waals surface area contributed by atoms with Crippen molar-refractivity contribution in [2.24, 2.45) is 0 Å². The number of unbranched alkanes of at least 4 members (excludes halogenated alkanes) is 2. The summed E-state index contributed by atoms with van der Waals surface area (Å²) in [4.78, 5) is 15.8. The number of amides is 1. The van der Waals surface area contributed by atoms with E-state index in [9.17, 15) is 4.79 Å². The summed E-state index contributed by atoms with van der Waals surface area (Å²) >= 11 is 0. The quantitative estimate of drug-likeness (QED) is 0.692. The molecule has 0 spiro atoms. The summed E-state index contributed by atoms with van der Waals surface area (Å²) in [6, 6.07) is 3.71. The van der Waals surface area contributed by atoms with Crippen molar-refractivity contribution in [3.05, 3.63) is 30.1 Å². The van der Waals surface area contributed by atoms with Crippen molar-refractivity contribution < 1.29 is 4.79 Å². The number of pyridine rings is 1. The first-order valence-corrected chi connectivity index (χ1v) is 6.64. The highest BCUT2D eigenvalue weighted by molar-refractivity contribution is 5.81. The predicted octanol–water partition coefficient (Wildman–Crippen LogP) is 1.87. The van der Waals surface area contributed by atoms with Gasteiger partial charge in [0.2, 0.25) is 5.91 Å². The lowest BCUT2D eigenvalue weighted by molar-refractivity contribution is -0.122. The summed E-state index contributed by atoms with van der Waals surface area (Å²) in [6.45, 7) is 5.47. The lowest BCUT2D eigenvalue weighted by atomic mass is 10.2. The van der Waals surface area contributed by atoms with Gasteiger partial charge in [-0.3, -0.25) is 9.78 Å². The number of rotatable bonds is 8. The van der Waals surface area contributed by atoms with Gasteiger partial charge in [0, 0.05) is 25.5 Å². The molecule has 0 fully saturated rings. The fourth-order valence-corrected chi connectivity index (χ4v) is 1.61. The van der Waals surface area contributed by atoms with E-state index in [4.69, 9.17) is 0 Å². The summed E-state index contributed by atoms with van der Waals surface area (Å²) in [7, 11) is 0. The summed E-state index contributed by atoms with van der Waals surface area (Å²) in [6.07, 6.45) is 6.94. The molecule has 0 aliphatic rings. The average Bonchev–Trinajstić information content (AvgIpc) is 2.42. The third kappa shape index (κ3) is 5.77. The van der Waals surface area contributed by atoms with E-state index in [2.05, 4.69) is 22.5 Å². The maximum atomic E-state index is 11.7. The van der Waals surface area contributed by atoms with E-state index < -0.39 is 0 Å². The summed E-state index contributed by atoms with van der Waals surface area (Å²) in [5, 5.41) is 6.12. The van der Waals surface area contributed by atoms with E-state index >= 15 is 0 Å². The van der Waals surface area contributed by atoms with Crippen LogP contribution in [-0.2, 0) is 11.3 Å². The van der Waals surface area contributed by atoms with E-state index in [0.29, 0.717) is 6.54 Å². The van der Waals surface area contributed by atoms with E-state index in [1.54, 1.807) is 12.4 Å². The van der Waals surface area contributed by atoms with Crippen LogP contribution in [0.25, 0.3) is 0 Å². The minimum atomic E-state index is -0.174. The number of aromatic nitrogens is 1. The third-order valence-electron chi connectivity index (χ3n) is 2.81. The maximum absolute atomic E-state index is 11.7. The first-order chi connectivity index (χ1) is 8.74. The van der Waals surface area contributed by atoms with E-state index in [0.717, 1.165) is 24.9 Å². The highest BCUT2D eigenvalue weighted by Gasteiger charge is 2.10. The number of nitrogens with one attached hydrogen (secondary N) is 2. The van der Waals surface area contributed by atoms with E-state index in [-0.39, 0.29) is 11.9 Å². The lowest BCUT2D eigenvalue weighted by Crippen LogP contribution is -2.42. The SMILES string of the molecule is CCCCCNC(=O)C(C)NCc1cccnc1. The van der Waals surface area contributed by atoms with Crippen LogP contribution in [-0.4, -0.2) is 23.5 Å². The Labute approximate surface area is 109 Å². The van der Waals surface area contributed by atoms with Gasteiger partial charge in [0.15, 0.2) is 0 Å². The zero-order chi connectivity index (χ0) is 13.2. The summed E-state index contributed by atoms with van der Waals surface area (Å²) in [5.41, 5.74) is 1.09. The van der Waals surface area contributed by atoms with Gasteiger partial charge in [0.25, 0.3) is 0 Å². The molecule has 1 rings (SSSR count). The molecule has 0 saturated carbocycles. The molecule has 1 amide bonds. The Hall–Kier alpha value is -1.42. The molecular formula is C14H23N3O. The standard InChI is InChI=1S/C14H23N3O/c1-3-4-5-9-16-14(18)12(2)17-11-13-7-6-8-15-10-13/h6-8,10,12,17H,3-5,9,11H2,1-2H3,(H,16,18). The van der Waals surface area contributed by atoms with Crippen LogP contribution < -0.4 is 10.6 Å². The van der Waals surface area contributed by atoms with Gasteiger partial charge in [-0.2, -0.15) is 0 Å². The minimum absolute atomic E-state index is 0.0648. The Kier molecular flexibility index (Phi) is 7.03. The van der Waals surface area contributed by atoms with Gasteiger partial charge >= 0.3 is 0 Å². The van der Waals surface area contributed by atoms with Crippen molar-refractivity contribution in [1.29, 1.82) is 0 Å². The zero-order valence-corrected chi connectivity index (χ0v) is 11.3. The molecule has 2 N–H and O–H groups in total. The van der Waals surface area contributed by atoms with Crippen molar-refractivity contribution in [3.63, 3.8) is 0 Å². The summed E-state index contributed by atoms with van der Waals surface area (Å²) < 4.78 is 0. The molecule has 1 heterocycles. The van der Waals surface area contributed by atoms with Crippen LogP contribution in [0.5, 0.6) is 0 Å². The van der Waals surface area contributed by atoms with Crippen molar-refractivity contribution >= 4 is 5.91 Å². The second kappa shape index (κ2) is 8.64. The normalized spacial score (nSPS) is 12.1. The van der Waals surface area contributed by atoms with Crippen LogP contribution in [0, 0.1) is 0 Å². The average molecular weight is 249 g/mol. The Morgan fingerprint density at radius 2 is 2.28 bits per heavy atom. The lowest BCUT2D eigenvalue weighted by Gasteiger charge is -2.13. The van der Waals surface area contributed by atoms with E-state index in [1.165, 1.54) is 6.42 Å². The van der Waals surface area contributed by atoms with Crippen LogP contribution in [0.4, 0.5) is 0 Å². The van der Waals surface area contributed by atoms with Crippen molar-refractivity contribution in [3.8, 4) is 0 Å². The predicted molar refractivity (Wildman–Crippen MR) is 73.1 cm³/mol. The smallest absolute Gasteiger partial charge is 0.236 e. The van der Waals surface area contributed by atoms with Crippen molar-refractivity contribution in [1.82, 2.24) is 15.6 Å². The third-order valence-corrected chi connectivity index (χ3v) is 2.81. The van der Waals surface area contributed by atoms with Gasteiger partial charge in [-0.05, 0) is 25.0 Å². The monoisotopic (exact) mass is 249 g/mol. The molecule has 1 aromatic rings. The number of hydrogen-bond acceptors (Lipinski definition) is 3. The summed E-state index contributed by atoms with van der Waals surface area (Å²) in [5.74, 6) is 0.0648. The first kappa shape index (κ1) is 14.6.